The maximum atomic E-state index is 13.1. The third-order valence-electron chi connectivity index (χ3n) is 7.27. The Hall–Kier alpha value is -1.32. The summed E-state index contributed by atoms with van der Waals surface area (Å²) in [5.41, 5.74) is 3.58. The van der Waals surface area contributed by atoms with Gasteiger partial charge in [-0.25, -0.2) is 0 Å². The quantitative estimate of drug-likeness (QED) is 0.902. The number of carbonyl (C=O) groups excluding carboxylic acids is 1. The topological polar surface area (TPSA) is 49.0 Å². The number of carbonyl (C=O) groups is 1. The van der Waals surface area contributed by atoms with E-state index in [1.807, 2.05) is 25.8 Å². The number of aromatic nitrogens is 2. The van der Waals surface area contributed by atoms with Crippen molar-refractivity contribution in [3.05, 3.63) is 17.0 Å². The van der Waals surface area contributed by atoms with E-state index in [2.05, 4.69) is 17.1 Å². The van der Waals surface area contributed by atoms with Gasteiger partial charge in [-0.1, -0.05) is 0 Å². The van der Waals surface area contributed by atoms with Crippen LogP contribution in [0.4, 0.5) is 0 Å². The highest BCUT2D eigenvalue weighted by molar-refractivity contribution is 5.77. The lowest BCUT2D eigenvalue weighted by Crippen LogP contribution is -2.48. The van der Waals surface area contributed by atoms with E-state index in [4.69, 9.17) is 0 Å². The van der Waals surface area contributed by atoms with Crippen molar-refractivity contribution in [3.63, 3.8) is 0 Å². The molecule has 0 saturated heterocycles. The zero-order chi connectivity index (χ0) is 17.1. The third kappa shape index (κ3) is 2.58. The molecule has 4 fully saturated rings. The summed E-state index contributed by atoms with van der Waals surface area (Å²) in [4.78, 5) is 15.0. The maximum absolute atomic E-state index is 13.1. The standard InChI is InChI=1S/C20H31N3O/c1-12-19(13(2)22-21-12)14(3)23(4)18(24)11-20-8-15-5-16(9-20)7-17(6-15)10-20/h14-17H,5-11H2,1-4H3,(H,21,22)/t14-,15?,16?,17?,20?/m1/s1. The van der Waals surface area contributed by atoms with Gasteiger partial charge in [-0.3, -0.25) is 9.89 Å². The molecule has 132 valence electrons. The lowest BCUT2D eigenvalue weighted by molar-refractivity contribution is -0.140. The van der Waals surface area contributed by atoms with Crippen LogP contribution < -0.4 is 0 Å². The van der Waals surface area contributed by atoms with Crippen molar-refractivity contribution >= 4 is 5.91 Å². The predicted molar refractivity (Wildman–Crippen MR) is 94.5 cm³/mol. The number of aromatic amines is 1. The smallest absolute Gasteiger partial charge is 0.223 e. The number of amides is 1. The van der Waals surface area contributed by atoms with Gasteiger partial charge in [0.05, 0.1) is 11.7 Å². The first-order valence-corrected chi connectivity index (χ1v) is 9.64. The number of H-pyrrole nitrogens is 1. The summed E-state index contributed by atoms with van der Waals surface area (Å²) < 4.78 is 0. The molecule has 4 aliphatic rings. The summed E-state index contributed by atoms with van der Waals surface area (Å²) in [5, 5.41) is 7.35. The average molecular weight is 329 g/mol. The molecule has 24 heavy (non-hydrogen) atoms. The molecule has 1 aromatic rings. The van der Waals surface area contributed by atoms with E-state index in [1.54, 1.807) is 0 Å². The van der Waals surface area contributed by atoms with Gasteiger partial charge in [0.1, 0.15) is 0 Å². The second kappa shape index (κ2) is 5.60. The Balaban J connectivity index is 1.48. The van der Waals surface area contributed by atoms with Crippen LogP contribution in [0.25, 0.3) is 0 Å². The SMILES string of the molecule is Cc1n[nH]c(C)c1[C@@H](C)N(C)C(=O)CC12CC3CC(CC(C3)C1)C2. The molecule has 5 rings (SSSR count). The molecule has 0 aliphatic heterocycles. The number of nitrogens with zero attached hydrogens (tertiary/aromatic N) is 2. The largest absolute Gasteiger partial charge is 0.339 e. The monoisotopic (exact) mass is 329 g/mol. The van der Waals surface area contributed by atoms with Gasteiger partial charge in [0.2, 0.25) is 5.91 Å². The van der Waals surface area contributed by atoms with Crippen molar-refractivity contribution in [1.82, 2.24) is 15.1 Å². The van der Waals surface area contributed by atoms with Crippen molar-refractivity contribution in [2.24, 2.45) is 23.2 Å². The highest BCUT2D eigenvalue weighted by Crippen LogP contribution is 2.61. The van der Waals surface area contributed by atoms with E-state index < -0.39 is 0 Å². The zero-order valence-electron chi connectivity index (χ0n) is 15.6. The molecule has 1 atom stereocenters. The van der Waals surface area contributed by atoms with Gasteiger partial charge in [-0.15, -0.1) is 0 Å². The summed E-state index contributed by atoms with van der Waals surface area (Å²) in [5.74, 6) is 3.05. The summed E-state index contributed by atoms with van der Waals surface area (Å²) in [6, 6.07) is 0.0881. The van der Waals surface area contributed by atoms with E-state index in [0.717, 1.165) is 35.6 Å². The molecule has 4 nitrogen and oxygen atoms in total. The normalized spacial score (nSPS) is 35.2. The first-order valence-electron chi connectivity index (χ1n) is 9.64. The molecule has 4 heteroatoms. The fourth-order valence-corrected chi connectivity index (χ4v) is 6.54. The lowest BCUT2D eigenvalue weighted by Gasteiger charge is -2.57. The first kappa shape index (κ1) is 16.2. The Morgan fingerprint density at radius 1 is 1.21 bits per heavy atom. The first-order chi connectivity index (χ1) is 11.4. The van der Waals surface area contributed by atoms with Gasteiger partial charge in [-0.2, -0.15) is 5.10 Å². The number of hydrogen-bond acceptors (Lipinski definition) is 2. The Kier molecular flexibility index (Phi) is 3.77. The molecule has 4 saturated carbocycles. The van der Waals surface area contributed by atoms with Gasteiger partial charge in [0.25, 0.3) is 0 Å². The van der Waals surface area contributed by atoms with Crippen LogP contribution >= 0.6 is 0 Å². The molecule has 4 aliphatic carbocycles. The van der Waals surface area contributed by atoms with Crippen LogP contribution in [-0.2, 0) is 4.79 Å². The highest BCUT2D eigenvalue weighted by atomic mass is 16.2. The van der Waals surface area contributed by atoms with Crippen molar-refractivity contribution in [2.75, 3.05) is 7.05 Å². The Bertz CT molecular complexity index is 593. The molecule has 0 spiro atoms. The average Bonchev–Trinajstić information content (AvgIpc) is 2.83. The molecular formula is C20H31N3O. The van der Waals surface area contributed by atoms with Crippen LogP contribution in [0.1, 0.15) is 74.9 Å². The Morgan fingerprint density at radius 2 is 1.75 bits per heavy atom. The van der Waals surface area contributed by atoms with E-state index in [1.165, 1.54) is 44.1 Å². The summed E-state index contributed by atoms with van der Waals surface area (Å²) in [7, 11) is 1.97. The number of nitrogens with one attached hydrogen (secondary N) is 1. The minimum absolute atomic E-state index is 0.0881. The van der Waals surface area contributed by atoms with Gasteiger partial charge in [-0.05, 0) is 82.5 Å². The van der Waals surface area contributed by atoms with Gasteiger partial charge >= 0.3 is 0 Å². The van der Waals surface area contributed by atoms with E-state index in [-0.39, 0.29) is 6.04 Å². The molecular weight excluding hydrogens is 298 g/mol. The van der Waals surface area contributed by atoms with Crippen LogP contribution in [0.2, 0.25) is 0 Å². The number of aryl methyl sites for hydroxylation is 2. The van der Waals surface area contributed by atoms with Gasteiger partial charge in [0, 0.05) is 24.7 Å². The molecule has 1 aromatic heterocycles. The van der Waals surface area contributed by atoms with E-state index in [0.29, 0.717) is 11.3 Å². The summed E-state index contributed by atoms with van der Waals surface area (Å²) >= 11 is 0. The maximum Gasteiger partial charge on any atom is 0.223 e. The van der Waals surface area contributed by atoms with Crippen LogP contribution in [0.3, 0.4) is 0 Å². The van der Waals surface area contributed by atoms with Crippen LogP contribution in [0.5, 0.6) is 0 Å². The number of hydrogen-bond donors (Lipinski definition) is 1. The summed E-state index contributed by atoms with van der Waals surface area (Å²) in [6.07, 6.45) is 8.98. The fraction of sp³-hybridized carbons (Fsp3) is 0.800. The highest BCUT2D eigenvalue weighted by Gasteiger charge is 2.51. The van der Waals surface area contributed by atoms with Crippen molar-refractivity contribution in [3.8, 4) is 0 Å². The molecule has 0 radical (unpaired) electrons. The zero-order valence-corrected chi connectivity index (χ0v) is 15.6. The van der Waals surface area contributed by atoms with Crippen molar-refractivity contribution in [2.45, 2.75) is 71.8 Å². The Labute approximate surface area is 145 Å². The molecule has 0 aromatic carbocycles. The van der Waals surface area contributed by atoms with E-state index >= 15 is 0 Å². The minimum Gasteiger partial charge on any atom is -0.339 e. The molecule has 1 heterocycles. The molecule has 0 unspecified atom stereocenters. The van der Waals surface area contributed by atoms with Gasteiger partial charge in [0.15, 0.2) is 0 Å². The van der Waals surface area contributed by atoms with Crippen molar-refractivity contribution < 1.29 is 4.79 Å². The second-order valence-electron chi connectivity index (χ2n) is 9.12. The van der Waals surface area contributed by atoms with Crippen molar-refractivity contribution in [1.29, 1.82) is 0 Å². The Morgan fingerprint density at radius 3 is 2.21 bits per heavy atom. The second-order valence-corrected chi connectivity index (χ2v) is 9.12. The van der Waals surface area contributed by atoms with Crippen LogP contribution in [0, 0.1) is 37.0 Å². The molecule has 4 bridgehead atoms. The van der Waals surface area contributed by atoms with Crippen LogP contribution in [-0.4, -0.2) is 28.1 Å². The summed E-state index contributed by atoms with van der Waals surface area (Å²) in [6.45, 7) is 6.19. The van der Waals surface area contributed by atoms with E-state index in [9.17, 15) is 4.79 Å². The third-order valence-corrected chi connectivity index (χ3v) is 7.27. The molecule has 1 N–H and O–H groups in total. The number of rotatable bonds is 4. The fourth-order valence-electron chi connectivity index (χ4n) is 6.54. The van der Waals surface area contributed by atoms with Gasteiger partial charge < -0.3 is 4.90 Å². The minimum atomic E-state index is 0.0881. The predicted octanol–water partition coefficient (Wildman–Crippen LogP) is 4.15. The molecule has 1 amide bonds. The van der Waals surface area contributed by atoms with Crippen LogP contribution in [0.15, 0.2) is 0 Å². The lowest BCUT2D eigenvalue weighted by atomic mass is 9.49.